The first-order valence-corrected chi connectivity index (χ1v) is 7.40. The van der Waals surface area contributed by atoms with E-state index in [-0.39, 0.29) is 6.03 Å². The molecular weight excluding hydrogens is 228 g/mol. The highest BCUT2D eigenvalue weighted by Crippen LogP contribution is 2.53. The van der Waals surface area contributed by atoms with Gasteiger partial charge in [-0.3, -0.25) is 0 Å². The maximum Gasteiger partial charge on any atom is 0.317 e. The summed E-state index contributed by atoms with van der Waals surface area (Å²) in [5.41, 5.74) is 0.384. The Kier molecular flexibility index (Phi) is 3.22. The first-order chi connectivity index (χ1) is 8.75. The average molecular weight is 252 g/mol. The molecular formula is C14H24N2O2. The fourth-order valence-corrected chi connectivity index (χ4v) is 3.19. The second-order valence-corrected chi connectivity index (χ2v) is 6.11. The normalized spacial score (nSPS) is 29.1. The number of nitrogens with one attached hydrogen (secondary N) is 1. The number of hydrogen-bond acceptors (Lipinski definition) is 2. The standard InChI is InChI=1S/C14H24N2O2/c1-2-7-16(11-3-4-11)13(17)15-12-10-14(12)5-8-18-9-6-14/h11-12H,2-10H2,1H3,(H,15,17). The maximum atomic E-state index is 12.3. The van der Waals surface area contributed by atoms with E-state index in [4.69, 9.17) is 4.74 Å². The molecule has 0 aromatic heterocycles. The van der Waals surface area contributed by atoms with Gasteiger partial charge < -0.3 is 15.0 Å². The fourth-order valence-electron chi connectivity index (χ4n) is 3.19. The van der Waals surface area contributed by atoms with Crippen LogP contribution in [-0.2, 0) is 4.74 Å². The Morgan fingerprint density at radius 3 is 2.72 bits per heavy atom. The van der Waals surface area contributed by atoms with E-state index in [2.05, 4.69) is 12.2 Å². The molecule has 0 aromatic carbocycles. The summed E-state index contributed by atoms with van der Waals surface area (Å²) in [6.07, 6.45) is 6.83. The van der Waals surface area contributed by atoms with E-state index in [0.29, 0.717) is 17.5 Å². The van der Waals surface area contributed by atoms with Crippen LogP contribution < -0.4 is 5.32 Å². The molecule has 0 aromatic rings. The van der Waals surface area contributed by atoms with Crippen molar-refractivity contribution in [2.24, 2.45) is 5.41 Å². The summed E-state index contributed by atoms with van der Waals surface area (Å²) < 4.78 is 5.41. The molecule has 2 saturated carbocycles. The number of urea groups is 1. The van der Waals surface area contributed by atoms with E-state index in [1.165, 1.54) is 12.8 Å². The number of carbonyl (C=O) groups excluding carboxylic acids is 1. The Morgan fingerprint density at radius 1 is 1.39 bits per heavy atom. The Hall–Kier alpha value is -0.770. The highest BCUT2D eigenvalue weighted by molar-refractivity contribution is 5.75. The van der Waals surface area contributed by atoms with Gasteiger partial charge in [0.15, 0.2) is 0 Å². The van der Waals surface area contributed by atoms with Crippen LogP contribution in [0.25, 0.3) is 0 Å². The lowest BCUT2D eigenvalue weighted by Gasteiger charge is -2.26. The van der Waals surface area contributed by atoms with E-state index >= 15 is 0 Å². The highest BCUT2D eigenvalue weighted by atomic mass is 16.5. The molecule has 0 bridgehead atoms. The van der Waals surface area contributed by atoms with Gasteiger partial charge in [-0.1, -0.05) is 6.92 Å². The maximum absolute atomic E-state index is 12.3. The molecule has 3 fully saturated rings. The van der Waals surface area contributed by atoms with Crippen LogP contribution in [0.2, 0.25) is 0 Å². The third kappa shape index (κ3) is 2.35. The summed E-state index contributed by atoms with van der Waals surface area (Å²) in [5.74, 6) is 0. The lowest BCUT2D eigenvalue weighted by Crippen LogP contribution is -2.44. The molecule has 0 radical (unpaired) electrons. The minimum absolute atomic E-state index is 0.174. The number of rotatable bonds is 4. The van der Waals surface area contributed by atoms with E-state index in [1.807, 2.05) is 4.90 Å². The molecule has 1 N–H and O–H groups in total. The summed E-state index contributed by atoms with van der Waals surface area (Å²) in [7, 11) is 0. The van der Waals surface area contributed by atoms with Gasteiger partial charge in [0.05, 0.1) is 0 Å². The molecule has 2 amide bonds. The molecule has 1 saturated heterocycles. The van der Waals surface area contributed by atoms with Crippen LogP contribution in [0.1, 0.15) is 45.4 Å². The monoisotopic (exact) mass is 252 g/mol. The van der Waals surface area contributed by atoms with Crippen molar-refractivity contribution in [1.82, 2.24) is 10.2 Å². The Balaban J connectivity index is 1.51. The van der Waals surface area contributed by atoms with E-state index in [1.54, 1.807) is 0 Å². The lowest BCUT2D eigenvalue weighted by atomic mass is 9.96. The predicted octanol–water partition coefficient (Wildman–Crippen LogP) is 2.14. The lowest BCUT2D eigenvalue weighted by molar-refractivity contribution is 0.0544. The molecule has 3 rings (SSSR count). The highest BCUT2D eigenvalue weighted by Gasteiger charge is 2.55. The molecule has 1 heterocycles. The molecule has 4 nitrogen and oxygen atoms in total. The fraction of sp³-hybridized carbons (Fsp3) is 0.929. The third-order valence-electron chi connectivity index (χ3n) is 4.69. The Morgan fingerprint density at radius 2 is 2.11 bits per heavy atom. The minimum atomic E-state index is 0.174. The molecule has 1 unspecified atom stereocenters. The predicted molar refractivity (Wildman–Crippen MR) is 69.4 cm³/mol. The molecule has 2 aliphatic carbocycles. The van der Waals surface area contributed by atoms with Gasteiger partial charge in [0, 0.05) is 31.8 Å². The molecule has 1 atom stereocenters. The number of hydrogen-bond donors (Lipinski definition) is 1. The van der Waals surface area contributed by atoms with Gasteiger partial charge in [0.25, 0.3) is 0 Å². The van der Waals surface area contributed by atoms with Crippen LogP contribution in [0.3, 0.4) is 0 Å². The van der Waals surface area contributed by atoms with Gasteiger partial charge in [0.2, 0.25) is 0 Å². The van der Waals surface area contributed by atoms with Crippen molar-refractivity contribution in [2.45, 2.75) is 57.5 Å². The zero-order valence-corrected chi connectivity index (χ0v) is 11.3. The Labute approximate surface area is 109 Å². The molecule has 4 heteroatoms. The first kappa shape index (κ1) is 12.3. The molecule has 102 valence electrons. The number of carbonyl (C=O) groups is 1. The molecule has 1 spiro atoms. The van der Waals surface area contributed by atoms with Crippen molar-refractivity contribution in [3.63, 3.8) is 0 Å². The summed E-state index contributed by atoms with van der Waals surface area (Å²) in [6, 6.07) is 1.11. The van der Waals surface area contributed by atoms with Gasteiger partial charge in [-0.25, -0.2) is 4.79 Å². The largest absolute Gasteiger partial charge is 0.381 e. The third-order valence-corrected chi connectivity index (χ3v) is 4.69. The summed E-state index contributed by atoms with van der Waals surface area (Å²) in [6.45, 7) is 4.78. The van der Waals surface area contributed by atoms with Crippen molar-refractivity contribution < 1.29 is 9.53 Å². The zero-order valence-electron chi connectivity index (χ0n) is 11.3. The molecule has 3 aliphatic rings. The van der Waals surface area contributed by atoms with Crippen LogP contribution in [0.15, 0.2) is 0 Å². The summed E-state index contributed by atoms with van der Waals surface area (Å²) >= 11 is 0. The number of ether oxygens (including phenoxy) is 1. The number of nitrogens with zero attached hydrogens (tertiary/aromatic N) is 1. The summed E-state index contributed by atoms with van der Waals surface area (Å²) in [5, 5.41) is 3.25. The zero-order chi connectivity index (χ0) is 12.6. The topological polar surface area (TPSA) is 41.6 Å². The SMILES string of the molecule is CCCN(C(=O)NC1CC12CCOCC2)C1CC1. The summed E-state index contributed by atoms with van der Waals surface area (Å²) in [4.78, 5) is 14.3. The van der Waals surface area contributed by atoms with Gasteiger partial charge in [0.1, 0.15) is 0 Å². The van der Waals surface area contributed by atoms with Crippen molar-refractivity contribution >= 4 is 6.03 Å². The van der Waals surface area contributed by atoms with E-state index in [9.17, 15) is 4.79 Å². The van der Waals surface area contributed by atoms with Crippen molar-refractivity contribution in [1.29, 1.82) is 0 Å². The van der Waals surface area contributed by atoms with Crippen LogP contribution >= 0.6 is 0 Å². The Bertz CT molecular complexity index is 322. The van der Waals surface area contributed by atoms with Gasteiger partial charge in [-0.2, -0.15) is 0 Å². The number of amides is 2. The molecule has 1 aliphatic heterocycles. The van der Waals surface area contributed by atoms with Crippen LogP contribution in [0, 0.1) is 5.41 Å². The van der Waals surface area contributed by atoms with Gasteiger partial charge in [-0.05, 0) is 43.9 Å². The molecule has 18 heavy (non-hydrogen) atoms. The van der Waals surface area contributed by atoms with E-state index < -0.39 is 0 Å². The van der Waals surface area contributed by atoms with Crippen molar-refractivity contribution in [2.75, 3.05) is 19.8 Å². The minimum Gasteiger partial charge on any atom is -0.381 e. The van der Waals surface area contributed by atoms with Crippen LogP contribution in [0.4, 0.5) is 4.79 Å². The second-order valence-electron chi connectivity index (χ2n) is 6.11. The first-order valence-electron chi connectivity index (χ1n) is 7.40. The van der Waals surface area contributed by atoms with Crippen LogP contribution in [0.5, 0.6) is 0 Å². The average Bonchev–Trinajstić information content (AvgIpc) is 3.27. The van der Waals surface area contributed by atoms with Gasteiger partial charge >= 0.3 is 6.03 Å². The van der Waals surface area contributed by atoms with Crippen LogP contribution in [-0.4, -0.2) is 42.8 Å². The smallest absolute Gasteiger partial charge is 0.317 e. The van der Waals surface area contributed by atoms with Crippen molar-refractivity contribution in [3.05, 3.63) is 0 Å². The quantitative estimate of drug-likeness (QED) is 0.833. The second kappa shape index (κ2) is 4.72. The van der Waals surface area contributed by atoms with E-state index in [0.717, 1.165) is 45.4 Å². The van der Waals surface area contributed by atoms with Gasteiger partial charge in [-0.15, -0.1) is 0 Å². The van der Waals surface area contributed by atoms with Crippen molar-refractivity contribution in [3.8, 4) is 0 Å².